The first-order valence-corrected chi connectivity index (χ1v) is 18.1. The molecule has 0 saturated heterocycles. The number of Topliss-reactive ketones (excluding diaryl/α,β-unsaturated/α-hetero) is 1. The molecule has 248 valence electrons. The molecular formula is C38H54O6S. The fourth-order valence-corrected chi connectivity index (χ4v) is 6.74. The number of unbranched alkanes of at least 4 members (excludes halogenated alkanes) is 14. The minimum absolute atomic E-state index is 0.0569. The van der Waals surface area contributed by atoms with Crippen molar-refractivity contribution in [2.24, 2.45) is 0 Å². The summed E-state index contributed by atoms with van der Waals surface area (Å²) < 4.78 is 10.5. The van der Waals surface area contributed by atoms with Gasteiger partial charge in [-0.25, -0.2) is 0 Å². The number of aliphatic hydroxyl groups is 1. The molecule has 6 nitrogen and oxygen atoms in total. The molecule has 0 aromatic heterocycles. The summed E-state index contributed by atoms with van der Waals surface area (Å²) in [7, 11) is 0. The van der Waals surface area contributed by atoms with Crippen LogP contribution in [0.25, 0.3) is 0 Å². The highest BCUT2D eigenvalue weighted by atomic mass is 32.2. The molecule has 2 atom stereocenters. The van der Waals surface area contributed by atoms with E-state index in [1.54, 1.807) is 18.7 Å². The Hall–Kier alpha value is -2.64. The van der Waals surface area contributed by atoms with E-state index >= 15 is 0 Å². The summed E-state index contributed by atoms with van der Waals surface area (Å²) in [4.78, 5) is 39.5. The van der Waals surface area contributed by atoms with Gasteiger partial charge < -0.3 is 14.6 Å². The monoisotopic (exact) mass is 638 g/mol. The summed E-state index contributed by atoms with van der Waals surface area (Å²) >= 11 is 1.56. The van der Waals surface area contributed by atoms with Crippen LogP contribution in [0.5, 0.6) is 0 Å². The Labute approximate surface area is 275 Å². The lowest BCUT2D eigenvalue weighted by Crippen LogP contribution is -2.26. The molecular weight excluding hydrogens is 584 g/mol. The Morgan fingerprint density at radius 3 is 2.00 bits per heavy atom. The molecule has 3 rings (SSSR count). The quantitative estimate of drug-likeness (QED) is 0.101. The van der Waals surface area contributed by atoms with Crippen molar-refractivity contribution in [3.8, 4) is 0 Å². The lowest BCUT2D eigenvalue weighted by molar-refractivity contribution is -0.153. The fraction of sp³-hybridized carbons (Fsp3) is 0.605. The Bertz CT molecular complexity index is 1190. The first kappa shape index (κ1) is 36.8. The van der Waals surface area contributed by atoms with Crippen molar-refractivity contribution >= 4 is 29.5 Å². The van der Waals surface area contributed by atoms with Crippen molar-refractivity contribution in [3.05, 3.63) is 59.2 Å². The number of esters is 2. The second kappa shape index (κ2) is 21.2. The zero-order valence-corrected chi connectivity index (χ0v) is 28.3. The van der Waals surface area contributed by atoms with E-state index in [4.69, 9.17) is 9.47 Å². The summed E-state index contributed by atoms with van der Waals surface area (Å²) in [5.41, 5.74) is 2.36. The van der Waals surface area contributed by atoms with Crippen molar-refractivity contribution in [2.75, 3.05) is 13.2 Å². The molecule has 0 radical (unpaired) electrons. The molecule has 1 N–H and O–H groups in total. The van der Waals surface area contributed by atoms with E-state index in [1.165, 1.54) is 77.0 Å². The number of benzene rings is 2. The predicted molar refractivity (Wildman–Crippen MR) is 181 cm³/mol. The van der Waals surface area contributed by atoms with E-state index in [1.807, 2.05) is 42.5 Å². The van der Waals surface area contributed by atoms with E-state index in [0.717, 1.165) is 45.7 Å². The topological polar surface area (TPSA) is 89.9 Å². The molecule has 45 heavy (non-hydrogen) atoms. The molecule has 1 aliphatic rings. The maximum absolute atomic E-state index is 12.8. The van der Waals surface area contributed by atoms with E-state index in [9.17, 15) is 19.5 Å². The first-order chi connectivity index (χ1) is 21.9. The number of hydrogen-bond donors (Lipinski definition) is 1. The number of rotatable bonds is 22. The molecule has 0 fully saturated rings. The van der Waals surface area contributed by atoms with Crippen LogP contribution in [0.1, 0.15) is 144 Å². The van der Waals surface area contributed by atoms with Crippen LogP contribution in [0.3, 0.4) is 0 Å². The van der Waals surface area contributed by atoms with E-state index in [2.05, 4.69) is 6.92 Å². The SMILES string of the molecule is CCCCCCCCCCCCCCCCCC(=O)OC[C@H](O)COC(=O)C(C)c1ccc2c(c1)CC(=O)c1ccccc1S2. The molecule has 0 saturated carbocycles. The number of carbonyl (C=O) groups excluding carboxylic acids is 3. The molecule has 0 amide bonds. The molecule has 2 aromatic rings. The Kier molecular flexibility index (Phi) is 17.4. The zero-order chi connectivity index (χ0) is 32.3. The number of carbonyl (C=O) groups is 3. The van der Waals surface area contributed by atoms with Gasteiger partial charge in [0.25, 0.3) is 0 Å². The lowest BCUT2D eigenvalue weighted by Gasteiger charge is -2.16. The normalized spacial score (nSPS) is 13.8. The summed E-state index contributed by atoms with van der Waals surface area (Å²) in [5, 5.41) is 10.2. The average Bonchev–Trinajstić information content (AvgIpc) is 3.19. The molecule has 0 spiro atoms. The Balaban J connectivity index is 1.21. The van der Waals surface area contributed by atoms with Crippen molar-refractivity contribution in [2.45, 2.75) is 145 Å². The summed E-state index contributed by atoms with van der Waals surface area (Å²) in [6.45, 7) is 3.56. The van der Waals surface area contributed by atoms with Crippen LogP contribution < -0.4 is 0 Å². The first-order valence-electron chi connectivity index (χ1n) is 17.3. The second-order valence-corrected chi connectivity index (χ2v) is 13.5. The molecule has 2 aromatic carbocycles. The van der Waals surface area contributed by atoms with Gasteiger partial charge in [-0.05, 0) is 36.6 Å². The molecule has 1 aliphatic heterocycles. The second-order valence-electron chi connectivity index (χ2n) is 12.5. The molecule has 0 bridgehead atoms. The van der Waals surface area contributed by atoms with Gasteiger partial charge in [-0.15, -0.1) is 0 Å². The van der Waals surface area contributed by atoms with E-state index in [0.29, 0.717) is 6.42 Å². The highest BCUT2D eigenvalue weighted by Crippen LogP contribution is 2.38. The van der Waals surface area contributed by atoms with Gasteiger partial charge in [0.15, 0.2) is 5.78 Å². The van der Waals surface area contributed by atoms with Gasteiger partial charge >= 0.3 is 11.9 Å². The van der Waals surface area contributed by atoms with Gasteiger partial charge in [-0.3, -0.25) is 14.4 Å². The maximum Gasteiger partial charge on any atom is 0.313 e. The van der Waals surface area contributed by atoms with Gasteiger partial charge in [0.2, 0.25) is 0 Å². The van der Waals surface area contributed by atoms with Crippen molar-refractivity contribution < 1.29 is 29.0 Å². The van der Waals surface area contributed by atoms with Crippen LogP contribution in [0.15, 0.2) is 52.3 Å². The molecule has 1 unspecified atom stereocenters. The van der Waals surface area contributed by atoms with Crippen molar-refractivity contribution in [3.63, 3.8) is 0 Å². The number of ether oxygens (including phenoxy) is 2. The van der Waals surface area contributed by atoms with Crippen molar-refractivity contribution in [1.29, 1.82) is 0 Å². The van der Waals surface area contributed by atoms with Gasteiger partial charge in [-0.2, -0.15) is 0 Å². The average molecular weight is 639 g/mol. The van der Waals surface area contributed by atoms with E-state index < -0.39 is 18.0 Å². The van der Waals surface area contributed by atoms with E-state index in [-0.39, 0.29) is 31.4 Å². The smallest absolute Gasteiger partial charge is 0.313 e. The van der Waals surface area contributed by atoms with Gasteiger partial charge in [-0.1, -0.05) is 139 Å². The maximum atomic E-state index is 12.8. The Morgan fingerprint density at radius 1 is 0.778 bits per heavy atom. The zero-order valence-electron chi connectivity index (χ0n) is 27.5. The number of fused-ring (bicyclic) bond motifs is 2. The van der Waals surface area contributed by atoms with Crippen LogP contribution in [-0.2, 0) is 25.5 Å². The number of ketones is 1. The predicted octanol–water partition coefficient (Wildman–Crippen LogP) is 9.39. The largest absolute Gasteiger partial charge is 0.463 e. The van der Waals surface area contributed by atoms with Crippen LogP contribution in [0.4, 0.5) is 0 Å². The standard InChI is InChI=1S/C38H54O6S/c1-3-4-5-6-7-8-9-10-11-12-13-14-15-16-17-22-37(41)43-27-32(39)28-44-38(42)29(2)30-23-24-35-31(25-30)26-34(40)33-20-18-19-21-36(33)45-35/h18-21,23-25,29,32,39H,3-17,22,26-28H2,1-2H3/t29?,32-/m0/s1. The van der Waals surface area contributed by atoms with Gasteiger partial charge in [0.1, 0.15) is 19.3 Å². The van der Waals surface area contributed by atoms with Crippen LogP contribution >= 0.6 is 11.8 Å². The Morgan fingerprint density at radius 2 is 1.36 bits per heavy atom. The molecule has 0 aliphatic carbocycles. The third-order valence-electron chi connectivity index (χ3n) is 8.54. The highest BCUT2D eigenvalue weighted by molar-refractivity contribution is 7.99. The van der Waals surface area contributed by atoms with Crippen LogP contribution in [-0.4, -0.2) is 42.1 Å². The third-order valence-corrected chi connectivity index (χ3v) is 9.73. The van der Waals surface area contributed by atoms with Crippen LogP contribution in [0, 0.1) is 0 Å². The summed E-state index contributed by atoms with van der Waals surface area (Å²) in [6.07, 6.45) is 18.6. The molecule has 7 heteroatoms. The van der Waals surface area contributed by atoms with Gasteiger partial charge in [0, 0.05) is 28.2 Å². The highest BCUT2D eigenvalue weighted by Gasteiger charge is 2.24. The van der Waals surface area contributed by atoms with Crippen LogP contribution in [0.2, 0.25) is 0 Å². The summed E-state index contributed by atoms with van der Waals surface area (Å²) in [5.74, 6) is -1.32. The lowest BCUT2D eigenvalue weighted by atomic mass is 9.96. The fourth-order valence-electron chi connectivity index (χ4n) is 5.67. The van der Waals surface area contributed by atoms with Gasteiger partial charge in [0.05, 0.1) is 5.92 Å². The summed E-state index contributed by atoms with van der Waals surface area (Å²) in [6, 6.07) is 13.3. The van der Waals surface area contributed by atoms with Crippen molar-refractivity contribution in [1.82, 2.24) is 0 Å². The third kappa shape index (κ3) is 13.7. The minimum atomic E-state index is -1.08. The number of aliphatic hydroxyl groups excluding tert-OH is 1. The number of hydrogen-bond acceptors (Lipinski definition) is 7. The molecule has 1 heterocycles. The minimum Gasteiger partial charge on any atom is -0.463 e.